The van der Waals surface area contributed by atoms with Crippen LogP contribution in [0.2, 0.25) is 0 Å². The van der Waals surface area contributed by atoms with Crippen molar-refractivity contribution in [1.29, 1.82) is 0 Å². The number of amides is 8. The molecule has 0 spiro atoms. The van der Waals surface area contributed by atoms with Crippen LogP contribution in [0.25, 0.3) is 0 Å². The molecule has 0 bridgehead atoms. The molecule has 2 atom stereocenters. The van der Waals surface area contributed by atoms with Crippen LogP contribution in [0.1, 0.15) is 180 Å². The maximum absolute atomic E-state index is 14.8. The van der Waals surface area contributed by atoms with Crippen molar-refractivity contribution < 1.29 is 93.1 Å². The van der Waals surface area contributed by atoms with Gasteiger partial charge >= 0.3 is 36.7 Å². The van der Waals surface area contributed by atoms with E-state index in [1.165, 1.54) is 13.8 Å². The number of rotatable bonds is 25. The summed E-state index contributed by atoms with van der Waals surface area (Å²) in [5.41, 5.74) is -4.56. The summed E-state index contributed by atoms with van der Waals surface area (Å²) < 4.78 is 121. The van der Waals surface area contributed by atoms with Crippen molar-refractivity contribution in [3.8, 4) is 11.5 Å². The molecule has 506 valence electrons. The van der Waals surface area contributed by atoms with Crippen LogP contribution in [0, 0.1) is 0 Å². The number of guanidine groups is 1. The number of alkyl carbamates (subject to hydrolysis) is 3. The highest BCUT2D eigenvalue weighted by atomic mass is 19.4. The van der Waals surface area contributed by atoms with Gasteiger partial charge in [0.2, 0.25) is 17.8 Å². The summed E-state index contributed by atoms with van der Waals surface area (Å²) in [4.78, 5) is 116. The molecule has 0 fully saturated rings. The summed E-state index contributed by atoms with van der Waals surface area (Å²) in [7, 11) is 0. The molecular weight excluding hydrogens is 1210 g/mol. The van der Waals surface area contributed by atoms with Crippen molar-refractivity contribution in [3.05, 3.63) is 59.2 Å². The van der Waals surface area contributed by atoms with Crippen molar-refractivity contribution in [2.24, 2.45) is 10.7 Å². The molecule has 0 radical (unpaired) electrons. The first-order chi connectivity index (χ1) is 41.9. The number of halogens is 6. The molecule has 91 heavy (non-hydrogen) atoms. The van der Waals surface area contributed by atoms with E-state index in [4.69, 9.17) is 34.2 Å². The maximum atomic E-state index is 14.8. The molecular formula is C59H84F6N12O14. The first kappa shape index (κ1) is 76.5. The van der Waals surface area contributed by atoms with Crippen molar-refractivity contribution >= 4 is 76.7 Å². The predicted octanol–water partition coefficient (Wildman–Crippen LogP) is 11.0. The zero-order valence-electron chi connectivity index (χ0n) is 53.5. The second kappa shape index (κ2) is 33.4. The number of nitrogens with one attached hydrogen (secondary N) is 8. The molecule has 0 unspecified atom stereocenters. The van der Waals surface area contributed by atoms with Crippen molar-refractivity contribution in [3.63, 3.8) is 0 Å². The SMILES string of the molecule is C[C@@H](CCNC(=O)OC(C)(C)C)Oc1c(NC(=O)CCCCN)cc(C(F)(F)F)cc1NC(=O)c1cc(C(=O)Nc2cc(C(F)(F)F)cc(NC(=O)CCCCN/C(=N/C(=O)OC(C)(C)C)NC(=O)OC(C)(C)C)c2O[C@@H](C)CCNC(=O)OC(C)(C)C)ncn1. The lowest BCUT2D eigenvalue weighted by molar-refractivity contribution is -0.138. The Kier molecular flexibility index (Phi) is 28.1. The van der Waals surface area contributed by atoms with Crippen LogP contribution in [0.5, 0.6) is 11.5 Å². The molecule has 3 rings (SSSR count). The normalized spacial score (nSPS) is 12.9. The van der Waals surface area contributed by atoms with Gasteiger partial charge in [-0.1, -0.05) is 0 Å². The minimum absolute atomic E-state index is 0.0190. The molecule has 0 saturated heterocycles. The van der Waals surface area contributed by atoms with Crippen molar-refractivity contribution in [2.45, 2.75) is 195 Å². The minimum Gasteiger partial charge on any atom is -0.486 e. The first-order valence-corrected chi connectivity index (χ1v) is 29.0. The summed E-state index contributed by atoms with van der Waals surface area (Å²) >= 11 is 0. The molecule has 0 aliphatic rings. The van der Waals surface area contributed by atoms with Gasteiger partial charge in [-0.15, -0.1) is 4.99 Å². The average Bonchev–Trinajstić information content (AvgIpc) is 0.872. The third-order valence-electron chi connectivity index (χ3n) is 11.3. The number of carbonyl (C=O) groups excluding carboxylic acids is 8. The predicted molar refractivity (Wildman–Crippen MR) is 324 cm³/mol. The van der Waals surface area contributed by atoms with E-state index in [1.54, 1.807) is 83.1 Å². The highest BCUT2D eigenvalue weighted by Gasteiger charge is 2.36. The number of aromatic nitrogens is 2. The van der Waals surface area contributed by atoms with Gasteiger partial charge in [0.1, 0.15) is 40.1 Å². The summed E-state index contributed by atoms with van der Waals surface area (Å²) in [6, 6.07) is 2.92. The van der Waals surface area contributed by atoms with Gasteiger partial charge in [-0.05, 0) is 153 Å². The molecule has 8 amide bonds. The number of benzene rings is 2. The Bertz CT molecular complexity index is 3060. The summed E-state index contributed by atoms with van der Waals surface area (Å²) in [5, 5.41) is 19.5. The fourth-order valence-corrected chi connectivity index (χ4v) is 7.45. The van der Waals surface area contributed by atoms with E-state index in [0.29, 0.717) is 37.0 Å². The van der Waals surface area contributed by atoms with Crippen LogP contribution in [0.3, 0.4) is 0 Å². The molecule has 2 aromatic carbocycles. The number of aliphatic imine (C=N–C) groups is 1. The van der Waals surface area contributed by atoms with Gasteiger partial charge in [0, 0.05) is 51.4 Å². The van der Waals surface area contributed by atoms with Crippen LogP contribution in [-0.2, 0) is 40.9 Å². The number of nitrogens with zero attached hydrogens (tertiary/aromatic N) is 3. The Morgan fingerprint density at radius 1 is 0.495 bits per heavy atom. The number of unbranched alkanes of at least 4 members (excludes halogenated alkanes) is 2. The molecule has 0 aliphatic heterocycles. The monoisotopic (exact) mass is 1300 g/mol. The Morgan fingerprint density at radius 3 is 1.24 bits per heavy atom. The fraction of sp³-hybridized carbons (Fsp3) is 0.576. The topological polar surface area (TPSA) is 352 Å². The van der Waals surface area contributed by atoms with E-state index >= 15 is 0 Å². The highest BCUT2D eigenvalue weighted by molar-refractivity contribution is 6.09. The van der Waals surface area contributed by atoms with Crippen molar-refractivity contribution in [1.82, 2.24) is 31.2 Å². The lowest BCUT2D eigenvalue weighted by atomic mass is 10.1. The number of carbonyl (C=O) groups is 8. The van der Waals surface area contributed by atoms with Gasteiger partial charge in [0.05, 0.1) is 46.1 Å². The lowest BCUT2D eigenvalue weighted by Crippen LogP contribution is -2.44. The Labute approximate surface area is 523 Å². The summed E-state index contributed by atoms with van der Waals surface area (Å²) in [6.45, 7) is 22.5. The first-order valence-electron chi connectivity index (χ1n) is 29.0. The van der Waals surface area contributed by atoms with E-state index < -0.39 is 152 Å². The molecule has 3 aromatic rings. The third-order valence-corrected chi connectivity index (χ3v) is 11.3. The number of hydrogen-bond donors (Lipinski definition) is 9. The Morgan fingerprint density at radius 2 is 0.868 bits per heavy atom. The summed E-state index contributed by atoms with van der Waals surface area (Å²) in [6.07, 6.45) is -14.6. The molecule has 1 heterocycles. The molecule has 0 aliphatic carbocycles. The minimum atomic E-state index is -5.13. The summed E-state index contributed by atoms with van der Waals surface area (Å²) in [5.74, 6) is -5.46. The standard InChI is InChI=1S/C59H84F6N12O14/c1-33(21-25-68-50(82)88-54(3,4)5)86-45-37(72-43(78)19-15-17-23-66)27-35(58(60,61)62)29-39(45)74-47(80)41-31-42(71-32-70-41)48(81)75-40-30-36(59(63,64)65)28-38(46(40)87-34(2)22-26-69-51(83)89-55(6,7)8)73-44(79)20-16-18-24-67-49(76-52(84)90-56(9,10)11)77-53(85)91-57(12,13)14/h27-34H,15-26,66H2,1-14H3,(H,68,82)(H,69,83)(H,72,78)(H,73,79)(H,74,80)(H,75,81)(H2,67,76,77,84,85)/t33-,34-/m0/s1. The maximum Gasteiger partial charge on any atom is 0.437 e. The van der Waals surface area contributed by atoms with Crippen LogP contribution in [0.4, 0.5) is 68.3 Å². The number of nitrogens with two attached hydrogens (primary N) is 1. The number of ether oxygens (including phenoxy) is 6. The molecule has 1 aromatic heterocycles. The van der Waals surface area contributed by atoms with E-state index in [9.17, 15) is 64.7 Å². The Balaban J connectivity index is 2.06. The van der Waals surface area contributed by atoms with Crippen LogP contribution in [-0.4, -0.2) is 125 Å². The van der Waals surface area contributed by atoms with E-state index in [1.807, 2.05) is 0 Å². The Hall–Kier alpha value is -8.71. The van der Waals surface area contributed by atoms with Gasteiger partial charge in [-0.25, -0.2) is 29.1 Å². The van der Waals surface area contributed by atoms with Crippen LogP contribution in [0.15, 0.2) is 41.7 Å². The van der Waals surface area contributed by atoms with Crippen LogP contribution >= 0.6 is 0 Å². The van der Waals surface area contributed by atoms with Gasteiger partial charge < -0.3 is 71.4 Å². The number of hydrogen-bond acceptors (Lipinski definition) is 17. The van der Waals surface area contributed by atoms with Gasteiger partial charge in [-0.2, -0.15) is 26.3 Å². The fourth-order valence-electron chi connectivity index (χ4n) is 7.45. The highest BCUT2D eigenvalue weighted by Crippen LogP contribution is 2.44. The second-order valence-electron chi connectivity index (χ2n) is 24.6. The van der Waals surface area contributed by atoms with Gasteiger partial charge in [0.15, 0.2) is 11.5 Å². The average molecular weight is 1300 g/mol. The van der Waals surface area contributed by atoms with Crippen molar-refractivity contribution in [2.75, 3.05) is 47.4 Å². The number of anilines is 4. The molecule has 32 heteroatoms. The lowest BCUT2D eigenvalue weighted by Gasteiger charge is -2.23. The van der Waals surface area contributed by atoms with Gasteiger partial charge in [-0.3, -0.25) is 24.5 Å². The van der Waals surface area contributed by atoms with E-state index in [2.05, 4.69) is 57.5 Å². The van der Waals surface area contributed by atoms with E-state index in [-0.39, 0.29) is 77.1 Å². The van der Waals surface area contributed by atoms with Gasteiger partial charge in [0.25, 0.3) is 11.8 Å². The molecule has 10 N–H and O–H groups in total. The smallest absolute Gasteiger partial charge is 0.437 e. The largest absolute Gasteiger partial charge is 0.486 e. The third kappa shape index (κ3) is 30.1. The zero-order valence-corrected chi connectivity index (χ0v) is 53.5. The quantitative estimate of drug-likeness (QED) is 0.0125. The molecule has 26 nitrogen and oxygen atoms in total. The van der Waals surface area contributed by atoms with Crippen LogP contribution < -0.4 is 57.7 Å². The number of alkyl halides is 6. The zero-order chi connectivity index (χ0) is 68.9. The second-order valence-corrected chi connectivity index (χ2v) is 24.6. The molecule has 0 saturated carbocycles. The van der Waals surface area contributed by atoms with E-state index in [0.717, 1.165) is 6.07 Å².